The van der Waals surface area contributed by atoms with Gasteiger partial charge < -0.3 is 16.8 Å². The highest BCUT2D eigenvalue weighted by Gasteiger charge is 2.37. The highest BCUT2D eigenvalue weighted by Crippen LogP contribution is 2.39. The van der Waals surface area contributed by atoms with Crippen LogP contribution in [0.1, 0.15) is 30.1 Å². The molecule has 1 aliphatic rings. The van der Waals surface area contributed by atoms with Crippen LogP contribution in [0.2, 0.25) is 0 Å². The average Bonchev–Trinajstić information content (AvgIpc) is 2.87. The minimum absolute atomic E-state index is 0.143. The van der Waals surface area contributed by atoms with E-state index in [0.717, 1.165) is 18.5 Å². The third-order valence-electron chi connectivity index (χ3n) is 2.81. The van der Waals surface area contributed by atoms with Crippen molar-refractivity contribution < 1.29 is 4.79 Å². The quantitative estimate of drug-likeness (QED) is 0.651. The average molecular weight is 205 g/mol. The van der Waals surface area contributed by atoms with Crippen molar-refractivity contribution in [3.05, 3.63) is 23.8 Å². The third-order valence-corrected chi connectivity index (χ3v) is 2.81. The van der Waals surface area contributed by atoms with Crippen molar-refractivity contribution in [1.29, 1.82) is 0 Å². The van der Waals surface area contributed by atoms with Crippen LogP contribution in [0.3, 0.4) is 0 Å². The van der Waals surface area contributed by atoms with E-state index >= 15 is 0 Å². The number of hydrogen-bond donors (Lipinski definition) is 3. The lowest BCUT2D eigenvalue weighted by Crippen LogP contribution is -2.19. The summed E-state index contributed by atoms with van der Waals surface area (Å²) in [5.41, 5.74) is 12.8. The number of carbonyl (C=O) groups is 1. The molecule has 0 spiro atoms. The standard InChI is InChI=1S/C11H15N3O/c1-11(5-6-11)14-8-4-2-3-7(9(8)12)10(13)15/h2-4,14H,5-6,12H2,1H3,(H2,13,15). The van der Waals surface area contributed by atoms with Crippen molar-refractivity contribution in [2.24, 2.45) is 5.73 Å². The largest absolute Gasteiger partial charge is 0.396 e. The van der Waals surface area contributed by atoms with Crippen molar-refractivity contribution in [2.75, 3.05) is 11.1 Å². The fraction of sp³-hybridized carbons (Fsp3) is 0.364. The highest BCUT2D eigenvalue weighted by molar-refractivity contribution is 6.00. The third kappa shape index (κ3) is 1.88. The second-order valence-electron chi connectivity index (χ2n) is 4.32. The lowest BCUT2D eigenvalue weighted by atomic mass is 10.1. The Bertz CT molecular complexity index is 410. The number of para-hydroxylation sites is 1. The van der Waals surface area contributed by atoms with E-state index in [-0.39, 0.29) is 5.54 Å². The number of nitrogens with one attached hydrogen (secondary N) is 1. The fourth-order valence-corrected chi connectivity index (χ4v) is 1.53. The SMILES string of the molecule is CC1(Nc2cccc(C(N)=O)c2N)CC1. The van der Waals surface area contributed by atoms with Crippen molar-refractivity contribution >= 4 is 17.3 Å². The Kier molecular flexibility index (Phi) is 2.07. The smallest absolute Gasteiger partial charge is 0.250 e. The number of benzene rings is 1. The van der Waals surface area contributed by atoms with E-state index in [9.17, 15) is 4.79 Å². The molecule has 1 aromatic carbocycles. The number of amides is 1. The van der Waals surface area contributed by atoms with E-state index in [1.54, 1.807) is 12.1 Å². The molecule has 0 heterocycles. The molecular formula is C11H15N3O. The van der Waals surface area contributed by atoms with Crippen LogP contribution < -0.4 is 16.8 Å². The van der Waals surface area contributed by atoms with E-state index in [1.807, 2.05) is 6.07 Å². The van der Waals surface area contributed by atoms with E-state index in [2.05, 4.69) is 12.2 Å². The number of nitrogen functional groups attached to an aromatic ring is 1. The summed E-state index contributed by atoms with van der Waals surface area (Å²) >= 11 is 0. The zero-order chi connectivity index (χ0) is 11.1. The Balaban J connectivity index is 2.31. The molecule has 0 bridgehead atoms. The van der Waals surface area contributed by atoms with Crippen LogP contribution in [0.15, 0.2) is 18.2 Å². The summed E-state index contributed by atoms with van der Waals surface area (Å²) in [5.74, 6) is -0.489. The molecule has 80 valence electrons. The Morgan fingerprint density at radius 3 is 2.67 bits per heavy atom. The highest BCUT2D eigenvalue weighted by atomic mass is 16.1. The topological polar surface area (TPSA) is 81.1 Å². The molecule has 0 radical (unpaired) electrons. The van der Waals surface area contributed by atoms with Gasteiger partial charge >= 0.3 is 0 Å². The first-order valence-corrected chi connectivity index (χ1v) is 4.98. The van der Waals surface area contributed by atoms with Gasteiger partial charge in [-0.2, -0.15) is 0 Å². The number of hydrogen-bond acceptors (Lipinski definition) is 3. The van der Waals surface area contributed by atoms with Crippen molar-refractivity contribution in [3.8, 4) is 0 Å². The van der Waals surface area contributed by atoms with Gasteiger partial charge in [-0.05, 0) is 31.9 Å². The molecule has 1 aromatic rings. The molecule has 1 aliphatic carbocycles. The molecule has 0 unspecified atom stereocenters. The van der Waals surface area contributed by atoms with Crippen LogP contribution >= 0.6 is 0 Å². The summed E-state index contributed by atoms with van der Waals surface area (Å²) in [6.45, 7) is 2.13. The van der Waals surface area contributed by atoms with Crippen LogP contribution in [-0.2, 0) is 0 Å². The Morgan fingerprint density at radius 1 is 1.47 bits per heavy atom. The number of carbonyl (C=O) groups excluding carboxylic acids is 1. The summed E-state index contributed by atoms with van der Waals surface area (Å²) in [6.07, 6.45) is 2.26. The first kappa shape index (κ1) is 9.83. The van der Waals surface area contributed by atoms with Crippen molar-refractivity contribution in [1.82, 2.24) is 0 Å². The van der Waals surface area contributed by atoms with Crippen LogP contribution in [-0.4, -0.2) is 11.4 Å². The second kappa shape index (κ2) is 3.15. The number of nitrogens with two attached hydrogens (primary N) is 2. The summed E-state index contributed by atoms with van der Waals surface area (Å²) in [7, 11) is 0. The van der Waals surface area contributed by atoms with Crippen LogP contribution in [0.4, 0.5) is 11.4 Å². The Labute approximate surface area is 88.6 Å². The van der Waals surface area contributed by atoms with Crippen LogP contribution in [0.25, 0.3) is 0 Å². The minimum Gasteiger partial charge on any atom is -0.396 e. The zero-order valence-corrected chi connectivity index (χ0v) is 8.71. The number of anilines is 2. The molecule has 4 nitrogen and oxygen atoms in total. The summed E-state index contributed by atoms with van der Waals surface area (Å²) < 4.78 is 0. The maximum Gasteiger partial charge on any atom is 0.250 e. The van der Waals surface area contributed by atoms with Gasteiger partial charge in [0.15, 0.2) is 0 Å². The molecule has 1 fully saturated rings. The Morgan fingerprint density at radius 2 is 2.13 bits per heavy atom. The summed E-state index contributed by atoms with van der Waals surface area (Å²) in [4.78, 5) is 11.1. The maximum atomic E-state index is 11.1. The molecule has 0 atom stereocenters. The lowest BCUT2D eigenvalue weighted by molar-refractivity contribution is 0.100. The summed E-state index contributed by atoms with van der Waals surface area (Å²) in [6, 6.07) is 5.29. The van der Waals surface area contributed by atoms with E-state index in [0.29, 0.717) is 11.3 Å². The summed E-state index contributed by atoms with van der Waals surface area (Å²) in [5, 5.41) is 3.32. The number of primary amides is 1. The van der Waals surface area contributed by atoms with Gasteiger partial charge in [0.1, 0.15) is 0 Å². The van der Waals surface area contributed by atoms with Gasteiger partial charge in [0.05, 0.1) is 16.9 Å². The molecule has 4 heteroatoms. The first-order chi connectivity index (χ1) is 7.02. The number of rotatable bonds is 3. The van der Waals surface area contributed by atoms with Gasteiger partial charge in [-0.15, -0.1) is 0 Å². The molecule has 15 heavy (non-hydrogen) atoms. The van der Waals surface area contributed by atoms with Gasteiger partial charge in [0.2, 0.25) is 0 Å². The van der Waals surface area contributed by atoms with Crippen molar-refractivity contribution in [2.45, 2.75) is 25.3 Å². The fourth-order valence-electron chi connectivity index (χ4n) is 1.53. The van der Waals surface area contributed by atoms with E-state index < -0.39 is 5.91 Å². The normalized spacial score (nSPS) is 17.1. The van der Waals surface area contributed by atoms with Gasteiger partial charge in [-0.3, -0.25) is 4.79 Å². The maximum absolute atomic E-state index is 11.1. The molecular weight excluding hydrogens is 190 g/mol. The molecule has 2 rings (SSSR count). The predicted molar refractivity (Wildman–Crippen MR) is 60.6 cm³/mol. The minimum atomic E-state index is -0.489. The van der Waals surface area contributed by atoms with Gasteiger partial charge in [-0.25, -0.2) is 0 Å². The molecule has 5 N–H and O–H groups in total. The predicted octanol–water partition coefficient (Wildman–Crippen LogP) is 1.33. The zero-order valence-electron chi connectivity index (χ0n) is 8.71. The van der Waals surface area contributed by atoms with E-state index in [1.165, 1.54) is 0 Å². The first-order valence-electron chi connectivity index (χ1n) is 4.98. The monoisotopic (exact) mass is 205 g/mol. The van der Waals surface area contributed by atoms with Gasteiger partial charge in [-0.1, -0.05) is 6.07 Å². The molecule has 0 aromatic heterocycles. The molecule has 0 aliphatic heterocycles. The lowest BCUT2D eigenvalue weighted by Gasteiger charge is -2.16. The van der Waals surface area contributed by atoms with E-state index in [4.69, 9.17) is 11.5 Å². The van der Waals surface area contributed by atoms with Crippen LogP contribution in [0.5, 0.6) is 0 Å². The molecule has 0 saturated heterocycles. The Hall–Kier alpha value is -1.71. The van der Waals surface area contributed by atoms with Gasteiger partial charge in [0.25, 0.3) is 5.91 Å². The van der Waals surface area contributed by atoms with Crippen molar-refractivity contribution in [3.63, 3.8) is 0 Å². The second-order valence-corrected chi connectivity index (χ2v) is 4.32. The molecule has 1 amide bonds. The van der Waals surface area contributed by atoms with Gasteiger partial charge in [0, 0.05) is 5.54 Å². The molecule has 1 saturated carbocycles. The van der Waals surface area contributed by atoms with Crippen LogP contribution in [0, 0.1) is 0 Å².